The maximum Gasteiger partial charge on any atom is 0.416 e. The Hall–Kier alpha value is -2.11. The predicted octanol–water partition coefficient (Wildman–Crippen LogP) is 3.43. The normalized spacial score (nSPS) is 16.2. The monoisotopic (exact) mass is 478 g/mol. The Bertz CT molecular complexity index is 1060. The lowest BCUT2D eigenvalue weighted by Gasteiger charge is -2.33. The highest BCUT2D eigenvalue weighted by Crippen LogP contribution is 2.34. The number of amides is 1. The van der Waals surface area contributed by atoms with E-state index in [9.17, 15) is 26.4 Å². The van der Waals surface area contributed by atoms with E-state index in [2.05, 4.69) is 10.2 Å². The number of hydrogen-bond donors (Lipinski definition) is 1. The molecule has 31 heavy (non-hydrogen) atoms. The number of nitrogens with one attached hydrogen (secondary N) is 1. The summed E-state index contributed by atoms with van der Waals surface area (Å²) in [6.07, 6.45) is -3.96. The first-order chi connectivity index (χ1) is 14.4. The van der Waals surface area contributed by atoms with Crippen LogP contribution in [0, 0.1) is 5.92 Å². The van der Waals surface area contributed by atoms with Crippen LogP contribution in [0.15, 0.2) is 29.2 Å². The number of sulfonamides is 1. The quantitative estimate of drug-likeness (QED) is 0.713. The van der Waals surface area contributed by atoms with Gasteiger partial charge in [-0.1, -0.05) is 25.4 Å². The maximum absolute atomic E-state index is 13.0. The lowest BCUT2D eigenvalue weighted by atomic mass is 10.1. The summed E-state index contributed by atoms with van der Waals surface area (Å²) in [7, 11) is -4.26. The Morgan fingerprint density at radius 1 is 1.19 bits per heavy atom. The smallest absolute Gasteiger partial charge is 0.335 e. The number of rotatable bonds is 5. The van der Waals surface area contributed by atoms with Gasteiger partial charge in [0.05, 0.1) is 10.6 Å². The second kappa shape index (κ2) is 8.79. The van der Waals surface area contributed by atoms with E-state index in [1.54, 1.807) is 6.07 Å². The third kappa shape index (κ3) is 5.21. The lowest BCUT2D eigenvalue weighted by molar-refractivity contribution is -0.137. The minimum absolute atomic E-state index is 0.0656. The summed E-state index contributed by atoms with van der Waals surface area (Å²) in [5, 5.41) is 6.57. The fourth-order valence-corrected chi connectivity index (χ4v) is 5.25. The minimum atomic E-state index is -4.70. The summed E-state index contributed by atoms with van der Waals surface area (Å²) in [5.74, 6) is 0.0558. The predicted molar refractivity (Wildman–Crippen MR) is 108 cm³/mol. The molecule has 1 saturated heterocycles. The zero-order chi connectivity index (χ0) is 23.0. The van der Waals surface area contributed by atoms with Crippen molar-refractivity contribution in [3.63, 3.8) is 0 Å². The number of aromatic nitrogens is 2. The highest BCUT2D eigenvalue weighted by atomic mass is 35.5. The second-order valence-electron chi connectivity index (χ2n) is 7.72. The van der Waals surface area contributed by atoms with Crippen molar-refractivity contribution in [2.45, 2.75) is 31.3 Å². The van der Waals surface area contributed by atoms with Crippen molar-refractivity contribution >= 4 is 27.5 Å². The van der Waals surface area contributed by atoms with Crippen LogP contribution in [-0.4, -0.2) is 59.9 Å². The van der Waals surface area contributed by atoms with E-state index in [0.717, 1.165) is 28.6 Å². The number of H-pyrrole nitrogens is 1. The van der Waals surface area contributed by atoms with Gasteiger partial charge in [-0.2, -0.15) is 22.6 Å². The molecule has 0 atom stereocenters. The summed E-state index contributed by atoms with van der Waals surface area (Å²) in [5.41, 5.74) is -0.0216. The van der Waals surface area contributed by atoms with Gasteiger partial charge in [0.25, 0.3) is 5.91 Å². The molecule has 1 aliphatic rings. The van der Waals surface area contributed by atoms with Crippen molar-refractivity contribution in [2.24, 2.45) is 5.92 Å². The van der Waals surface area contributed by atoms with E-state index in [0.29, 0.717) is 12.0 Å². The Morgan fingerprint density at radius 3 is 2.42 bits per heavy atom. The highest BCUT2D eigenvalue weighted by molar-refractivity contribution is 7.89. The average Bonchev–Trinajstić information content (AvgIpc) is 3.14. The first-order valence-electron chi connectivity index (χ1n) is 9.60. The Balaban J connectivity index is 1.71. The van der Waals surface area contributed by atoms with Gasteiger partial charge in [-0.25, -0.2) is 8.42 Å². The average molecular weight is 479 g/mol. The number of nitrogens with zero attached hydrogens (tertiary/aromatic N) is 3. The molecule has 1 N–H and O–H groups in total. The number of carbonyl (C=O) groups is 1. The van der Waals surface area contributed by atoms with Crippen LogP contribution in [0.4, 0.5) is 13.2 Å². The Labute approximate surface area is 183 Å². The number of aromatic amines is 1. The summed E-state index contributed by atoms with van der Waals surface area (Å²) in [6.45, 7) is 4.12. The SMILES string of the molecule is CC(C)Cc1cc(C(=O)N2CCN(S(=O)(=O)c3cc(C(F)(F)F)ccc3Cl)CC2)n[nH]1. The summed E-state index contributed by atoms with van der Waals surface area (Å²) in [4.78, 5) is 13.5. The molecule has 12 heteroatoms. The molecule has 2 heterocycles. The van der Waals surface area contributed by atoms with Crippen molar-refractivity contribution in [1.29, 1.82) is 0 Å². The largest absolute Gasteiger partial charge is 0.416 e. The van der Waals surface area contributed by atoms with Crippen LogP contribution in [0.25, 0.3) is 0 Å². The molecular formula is C19H22ClF3N4O3S. The number of hydrogen-bond acceptors (Lipinski definition) is 4. The molecule has 170 valence electrons. The fourth-order valence-electron chi connectivity index (χ4n) is 3.33. The van der Waals surface area contributed by atoms with Crippen molar-refractivity contribution in [3.8, 4) is 0 Å². The van der Waals surface area contributed by atoms with Crippen molar-refractivity contribution in [2.75, 3.05) is 26.2 Å². The van der Waals surface area contributed by atoms with Crippen LogP contribution >= 0.6 is 11.6 Å². The van der Waals surface area contributed by atoms with Gasteiger partial charge in [0, 0.05) is 31.9 Å². The van der Waals surface area contributed by atoms with E-state index in [4.69, 9.17) is 11.6 Å². The number of halogens is 4. The maximum atomic E-state index is 13.0. The van der Waals surface area contributed by atoms with E-state index in [-0.39, 0.29) is 42.8 Å². The highest BCUT2D eigenvalue weighted by Gasteiger charge is 2.36. The number of carbonyl (C=O) groups excluding carboxylic acids is 1. The molecule has 0 radical (unpaired) electrons. The van der Waals surface area contributed by atoms with Gasteiger partial charge in [-0.05, 0) is 36.6 Å². The molecule has 0 saturated carbocycles. The fraction of sp³-hybridized carbons (Fsp3) is 0.474. The molecule has 0 unspecified atom stereocenters. The zero-order valence-electron chi connectivity index (χ0n) is 16.9. The summed E-state index contributed by atoms with van der Waals surface area (Å²) >= 11 is 5.90. The molecule has 3 rings (SSSR count). The van der Waals surface area contributed by atoms with Crippen LogP contribution < -0.4 is 0 Å². The number of alkyl halides is 3. The molecule has 1 aromatic carbocycles. The molecule has 0 spiro atoms. The van der Waals surface area contributed by atoms with Crippen molar-refractivity contribution < 1.29 is 26.4 Å². The first kappa shape index (κ1) is 23.6. The number of benzene rings is 1. The van der Waals surface area contributed by atoms with Gasteiger partial charge in [0.1, 0.15) is 10.6 Å². The third-order valence-electron chi connectivity index (χ3n) is 4.88. The summed E-state index contributed by atoms with van der Waals surface area (Å²) < 4.78 is 65.8. The van der Waals surface area contributed by atoms with Gasteiger partial charge in [0.15, 0.2) is 0 Å². The second-order valence-corrected chi connectivity index (χ2v) is 10.0. The topological polar surface area (TPSA) is 86.4 Å². The van der Waals surface area contributed by atoms with Gasteiger partial charge in [-0.15, -0.1) is 0 Å². The molecule has 1 amide bonds. The zero-order valence-corrected chi connectivity index (χ0v) is 18.5. The molecule has 1 aromatic heterocycles. The molecule has 0 bridgehead atoms. The minimum Gasteiger partial charge on any atom is -0.335 e. The Morgan fingerprint density at radius 2 is 1.84 bits per heavy atom. The Kier molecular flexibility index (Phi) is 6.68. The van der Waals surface area contributed by atoms with Crippen molar-refractivity contribution in [3.05, 3.63) is 46.2 Å². The molecule has 1 fully saturated rings. The summed E-state index contributed by atoms with van der Waals surface area (Å²) in [6, 6.07) is 3.86. The van der Waals surface area contributed by atoms with E-state index >= 15 is 0 Å². The molecule has 2 aromatic rings. The molecule has 1 aliphatic heterocycles. The van der Waals surface area contributed by atoms with Gasteiger partial charge in [0.2, 0.25) is 10.0 Å². The van der Waals surface area contributed by atoms with E-state index < -0.39 is 26.7 Å². The van der Waals surface area contributed by atoms with Crippen LogP contribution in [-0.2, 0) is 22.6 Å². The van der Waals surface area contributed by atoms with Crippen LogP contribution in [0.5, 0.6) is 0 Å². The number of piperazine rings is 1. The van der Waals surface area contributed by atoms with Gasteiger partial charge >= 0.3 is 6.18 Å². The third-order valence-corrected chi connectivity index (χ3v) is 7.26. The molecule has 7 nitrogen and oxygen atoms in total. The van der Waals surface area contributed by atoms with Crippen molar-refractivity contribution in [1.82, 2.24) is 19.4 Å². The lowest BCUT2D eigenvalue weighted by Crippen LogP contribution is -2.50. The molecule has 0 aliphatic carbocycles. The van der Waals surface area contributed by atoms with Gasteiger partial charge < -0.3 is 4.90 Å². The van der Waals surface area contributed by atoms with E-state index in [1.807, 2.05) is 13.8 Å². The van der Waals surface area contributed by atoms with Gasteiger partial charge in [-0.3, -0.25) is 9.89 Å². The van der Waals surface area contributed by atoms with Crippen LogP contribution in [0.1, 0.15) is 35.6 Å². The van der Waals surface area contributed by atoms with Crippen LogP contribution in [0.3, 0.4) is 0 Å². The van der Waals surface area contributed by atoms with E-state index in [1.165, 1.54) is 4.90 Å². The van der Waals surface area contributed by atoms with Crippen LogP contribution in [0.2, 0.25) is 5.02 Å². The molecular weight excluding hydrogens is 457 g/mol. The standard InChI is InChI=1S/C19H22ClF3N4O3S/c1-12(2)9-14-11-16(25-24-14)18(28)26-5-7-27(8-6-26)31(29,30)17-10-13(19(21,22)23)3-4-15(17)20/h3-4,10-12H,5-9H2,1-2H3,(H,24,25). The first-order valence-corrected chi connectivity index (χ1v) is 11.4.